The fourth-order valence-electron chi connectivity index (χ4n) is 2.37. The Morgan fingerprint density at radius 3 is 2.56 bits per heavy atom. The van der Waals surface area contributed by atoms with Crippen LogP contribution in [0.2, 0.25) is 0 Å². The molecule has 0 aliphatic rings. The first kappa shape index (κ1) is 16.7. The van der Waals surface area contributed by atoms with Crippen LogP contribution in [0.1, 0.15) is 12.7 Å². The summed E-state index contributed by atoms with van der Waals surface area (Å²) in [7, 11) is 1.60. The molecule has 0 saturated carbocycles. The molecular weight excluding hydrogens is 318 g/mol. The van der Waals surface area contributed by atoms with Crippen molar-refractivity contribution >= 4 is 22.5 Å². The lowest BCUT2D eigenvalue weighted by Gasteiger charge is -2.10. The summed E-state index contributed by atoms with van der Waals surface area (Å²) in [5, 5.41) is 3.57. The normalized spacial score (nSPS) is 10.5. The van der Waals surface area contributed by atoms with Crippen LogP contribution in [0.4, 0.5) is 5.69 Å². The summed E-state index contributed by atoms with van der Waals surface area (Å²) in [4.78, 5) is 21.0. The number of aryl methyl sites for hydroxylation is 1. The summed E-state index contributed by atoms with van der Waals surface area (Å²) in [6.07, 6.45) is 0.694. The number of aromatic nitrogens is 2. The van der Waals surface area contributed by atoms with E-state index in [-0.39, 0.29) is 12.5 Å². The van der Waals surface area contributed by atoms with Gasteiger partial charge in [-0.05, 0) is 36.4 Å². The van der Waals surface area contributed by atoms with E-state index < -0.39 is 0 Å². The molecule has 6 nitrogen and oxygen atoms in total. The van der Waals surface area contributed by atoms with Crippen LogP contribution < -0.4 is 14.8 Å². The summed E-state index contributed by atoms with van der Waals surface area (Å²) in [6.45, 7) is 1.85. The molecule has 1 amide bonds. The van der Waals surface area contributed by atoms with Crippen LogP contribution in [-0.2, 0) is 11.2 Å². The molecule has 0 saturated heterocycles. The number of fused-ring (bicyclic) bond motifs is 1. The molecule has 3 aromatic rings. The molecule has 128 valence electrons. The minimum Gasteiger partial charge on any atom is -0.497 e. The molecule has 2 aromatic carbocycles. The van der Waals surface area contributed by atoms with Gasteiger partial charge in [-0.15, -0.1) is 0 Å². The molecular formula is C19H19N3O3. The fourth-order valence-corrected chi connectivity index (χ4v) is 2.37. The van der Waals surface area contributed by atoms with E-state index in [9.17, 15) is 4.79 Å². The largest absolute Gasteiger partial charge is 0.497 e. The van der Waals surface area contributed by atoms with Gasteiger partial charge < -0.3 is 14.8 Å². The monoisotopic (exact) mass is 337 g/mol. The lowest BCUT2D eigenvalue weighted by Crippen LogP contribution is -2.20. The summed E-state index contributed by atoms with van der Waals surface area (Å²) < 4.78 is 10.7. The highest BCUT2D eigenvalue weighted by Gasteiger charge is 2.10. The van der Waals surface area contributed by atoms with Gasteiger partial charge >= 0.3 is 0 Å². The van der Waals surface area contributed by atoms with Crippen molar-refractivity contribution in [3.8, 4) is 11.6 Å². The molecule has 25 heavy (non-hydrogen) atoms. The number of hydrogen-bond acceptors (Lipinski definition) is 5. The van der Waals surface area contributed by atoms with Crippen LogP contribution in [0.25, 0.3) is 10.9 Å². The number of hydrogen-bond donors (Lipinski definition) is 1. The Bertz CT molecular complexity index is 879. The zero-order valence-electron chi connectivity index (χ0n) is 14.2. The fraction of sp³-hybridized carbons (Fsp3) is 0.211. The van der Waals surface area contributed by atoms with Crippen LogP contribution >= 0.6 is 0 Å². The first-order chi connectivity index (χ1) is 12.2. The van der Waals surface area contributed by atoms with Gasteiger partial charge in [0.05, 0.1) is 18.0 Å². The Hall–Kier alpha value is -3.15. The van der Waals surface area contributed by atoms with Crippen molar-refractivity contribution in [3.05, 3.63) is 54.4 Å². The molecule has 6 heteroatoms. The number of carbonyl (C=O) groups is 1. The molecule has 0 spiro atoms. The number of rotatable bonds is 6. The van der Waals surface area contributed by atoms with E-state index in [0.717, 1.165) is 16.7 Å². The molecule has 0 aliphatic carbocycles. The smallest absolute Gasteiger partial charge is 0.262 e. The van der Waals surface area contributed by atoms with Gasteiger partial charge in [0.15, 0.2) is 6.61 Å². The Kier molecular flexibility index (Phi) is 5.09. The van der Waals surface area contributed by atoms with E-state index in [1.54, 1.807) is 31.4 Å². The number of nitrogens with one attached hydrogen (secondary N) is 1. The molecule has 0 fully saturated rings. The van der Waals surface area contributed by atoms with Crippen molar-refractivity contribution in [2.24, 2.45) is 0 Å². The third-order valence-corrected chi connectivity index (χ3v) is 3.64. The van der Waals surface area contributed by atoms with Gasteiger partial charge in [-0.2, -0.15) is 4.98 Å². The summed E-state index contributed by atoms with van der Waals surface area (Å²) >= 11 is 0. The van der Waals surface area contributed by atoms with Crippen LogP contribution in [0.15, 0.2) is 48.5 Å². The number of anilines is 1. The second kappa shape index (κ2) is 7.61. The van der Waals surface area contributed by atoms with Crippen molar-refractivity contribution in [1.82, 2.24) is 9.97 Å². The van der Waals surface area contributed by atoms with Crippen molar-refractivity contribution in [2.75, 3.05) is 19.0 Å². The van der Waals surface area contributed by atoms with Gasteiger partial charge in [0, 0.05) is 12.1 Å². The van der Waals surface area contributed by atoms with Crippen molar-refractivity contribution in [2.45, 2.75) is 13.3 Å². The summed E-state index contributed by atoms with van der Waals surface area (Å²) in [5.74, 6) is 1.58. The van der Waals surface area contributed by atoms with E-state index in [1.807, 2.05) is 31.2 Å². The molecule has 0 bridgehead atoms. The molecule has 0 unspecified atom stereocenters. The molecule has 0 radical (unpaired) electrons. The average Bonchev–Trinajstić information content (AvgIpc) is 2.66. The van der Waals surface area contributed by atoms with Gasteiger partial charge in [-0.25, -0.2) is 4.98 Å². The second-order valence-electron chi connectivity index (χ2n) is 5.38. The molecule has 0 aliphatic heterocycles. The predicted molar refractivity (Wildman–Crippen MR) is 96.0 cm³/mol. The highest BCUT2D eigenvalue weighted by Crippen LogP contribution is 2.22. The maximum absolute atomic E-state index is 12.1. The van der Waals surface area contributed by atoms with E-state index in [0.29, 0.717) is 23.8 Å². The maximum atomic E-state index is 12.1. The quantitative estimate of drug-likeness (QED) is 0.747. The van der Waals surface area contributed by atoms with Gasteiger partial charge in [0.2, 0.25) is 5.88 Å². The standard InChI is InChI=1S/C19H19N3O3/c1-3-17-21-16-7-5-4-6-15(16)19(22-17)25-12-18(23)20-13-8-10-14(24-2)11-9-13/h4-11H,3,12H2,1-2H3,(H,20,23). The molecule has 3 rings (SSSR count). The number of amides is 1. The van der Waals surface area contributed by atoms with E-state index in [2.05, 4.69) is 15.3 Å². The van der Waals surface area contributed by atoms with Gasteiger partial charge in [0.1, 0.15) is 11.6 Å². The number of benzene rings is 2. The average molecular weight is 337 g/mol. The SMILES string of the molecule is CCc1nc(OCC(=O)Nc2ccc(OC)cc2)c2ccccc2n1. The Balaban J connectivity index is 1.70. The van der Waals surface area contributed by atoms with Gasteiger partial charge in [0.25, 0.3) is 5.91 Å². The number of nitrogens with zero attached hydrogens (tertiary/aromatic N) is 2. The Labute approximate surface area is 145 Å². The highest BCUT2D eigenvalue weighted by atomic mass is 16.5. The number of ether oxygens (including phenoxy) is 2. The van der Waals surface area contributed by atoms with Crippen molar-refractivity contribution in [3.63, 3.8) is 0 Å². The van der Waals surface area contributed by atoms with Crippen molar-refractivity contribution in [1.29, 1.82) is 0 Å². The Morgan fingerprint density at radius 2 is 1.84 bits per heavy atom. The topological polar surface area (TPSA) is 73.3 Å². The van der Waals surface area contributed by atoms with Crippen molar-refractivity contribution < 1.29 is 14.3 Å². The maximum Gasteiger partial charge on any atom is 0.262 e. The second-order valence-corrected chi connectivity index (χ2v) is 5.38. The minimum absolute atomic E-state index is 0.129. The van der Waals surface area contributed by atoms with Crippen LogP contribution in [0.5, 0.6) is 11.6 Å². The molecule has 1 heterocycles. The summed E-state index contributed by atoms with van der Waals surface area (Å²) in [5.41, 5.74) is 1.48. The van der Waals surface area contributed by atoms with Crippen LogP contribution in [-0.4, -0.2) is 29.6 Å². The molecule has 1 N–H and O–H groups in total. The molecule has 0 atom stereocenters. The zero-order chi connectivity index (χ0) is 17.6. The predicted octanol–water partition coefficient (Wildman–Crippen LogP) is 3.22. The van der Waals surface area contributed by atoms with Gasteiger partial charge in [-0.1, -0.05) is 19.1 Å². The van der Waals surface area contributed by atoms with Crippen LogP contribution in [0, 0.1) is 0 Å². The first-order valence-electron chi connectivity index (χ1n) is 8.02. The number of para-hydroxylation sites is 1. The highest BCUT2D eigenvalue weighted by molar-refractivity contribution is 5.92. The zero-order valence-corrected chi connectivity index (χ0v) is 14.2. The summed E-state index contributed by atoms with van der Waals surface area (Å²) in [6, 6.07) is 14.7. The van der Waals surface area contributed by atoms with Gasteiger partial charge in [-0.3, -0.25) is 4.79 Å². The third kappa shape index (κ3) is 4.03. The lowest BCUT2D eigenvalue weighted by atomic mass is 10.2. The van der Waals surface area contributed by atoms with E-state index >= 15 is 0 Å². The third-order valence-electron chi connectivity index (χ3n) is 3.64. The van der Waals surface area contributed by atoms with E-state index in [1.165, 1.54) is 0 Å². The van der Waals surface area contributed by atoms with Crippen LogP contribution in [0.3, 0.4) is 0 Å². The lowest BCUT2D eigenvalue weighted by molar-refractivity contribution is -0.118. The minimum atomic E-state index is -0.258. The number of carbonyl (C=O) groups excluding carboxylic acids is 1. The first-order valence-corrected chi connectivity index (χ1v) is 8.02. The Morgan fingerprint density at radius 1 is 1.08 bits per heavy atom. The molecule has 1 aromatic heterocycles. The number of methoxy groups -OCH3 is 1. The van der Waals surface area contributed by atoms with E-state index in [4.69, 9.17) is 9.47 Å².